The molecule has 0 bridgehead atoms. The van der Waals surface area contributed by atoms with Crippen LogP contribution in [-0.4, -0.2) is 27.7 Å². The van der Waals surface area contributed by atoms with Crippen molar-refractivity contribution in [3.8, 4) is 11.1 Å². The highest BCUT2D eigenvalue weighted by atomic mass is 19.3. The van der Waals surface area contributed by atoms with Crippen LogP contribution in [0.2, 0.25) is 0 Å². The van der Waals surface area contributed by atoms with Crippen molar-refractivity contribution in [1.29, 1.82) is 0 Å². The molecule has 0 saturated heterocycles. The number of aromatic nitrogens is 3. The maximum Gasteiger partial charge on any atom is 0.248 e. The van der Waals surface area contributed by atoms with E-state index in [4.69, 9.17) is 9.26 Å². The lowest BCUT2D eigenvalue weighted by Gasteiger charge is -2.27. The van der Waals surface area contributed by atoms with Crippen LogP contribution < -0.4 is 0 Å². The van der Waals surface area contributed by atoms with Crippen molar-refractivity contribution in [1.82, 2.24) is 15.1 Å². The van der Waals surface area contributed by atoms with E-state index in [-0.39, 0.29) is 18.8 Å². The van der Waals surface area contributed by atoms with Gasteiger partial charge in [-0.15, -0.1) is 0 Å². The van der Waals surface area contributed by atoms with Crippen LogP contribution in [-0.2, 0) is 11.3 Å². The molecule has 1 aliphatic carbocycles. The third kappa shape index (κ3) is 3.74. The summed E-state index contributed by atoms with van der Waals surface area (Å²) in [4.78, 5) is 7.65. The lowest BCUT2D eigenvalue weighted by atomic mass is 9.87. The number of aryl methyl sites for hydroxylation is 2. The minimum absolute atomic E-state index is 0.0289. The molecule has 3 aromatic heterocycles. The number of halogens is 2. The molecule has 3 heterocycles. The highest BCUT2D eigenvalue weighted by molar-refractivity contribution is 5.85. The van der Waals surface area contributed by atoms with Crippen molar-refractivity contribution in [3.63, 3.8) is 0 Å². The van der Waals surface area contributed by atoms with Crippen LogP contribution in [0.25, 0.3) is 22.2 Å². The Morgan fingerprint density at radius 1 is 1.30 bits per heavy atom. The number of hydrogen-bond donors (Lipinski definition) is 1. The SMILES string of the molecule is Cc1noc(C)c1-c1cnc2[nH]cc(COCC3CCC(F)(F)CC3)c2c1. The lowest BCUT2D eigenvalue weighted by molar-refractivity contribution is -0.0569. The quantitative estimate of drug-likeness (QED) is 0.668. The first-order valence-corrected chi connectivity index (χ1v) is 9.28. The van der Waals surface area contributed by atoms with E-state index in [2.05, 4.69) is 21.2 Å². The third-order valence-electron chi connectivity index (χ3n) is 5.39. The van der Waals surface area contributed by atoms with E-state index in [9.17, 15) is 8.78 Å². The average Bonchev–Trinajstić information content (AvgIpc) is 3.19. The van der Waals surface area contributed by atoms with Crippen molar-refractivity contribution in [2.24, 2.45) is 5.92 Å². The molecule has 0 aromatic carbocycles. The fourth-order valence-electron chi connectivity index (χ4n) is 3.81. The summed E-state index contributed by atoms with van der Waals surface area (Å²) in [5, 5.41) is 4.99. The van der Waals surface area contributed by atoms with Gasteiger partial charge >= 0.3 is 0 Å². The fraction of sp³-hybridized carbons (Fsp3) is 0.500. The smallest absolute Gasteiger partial charge is 0.248 e. The molecule has 3 aromatic rings. The van der Waals surface area contributed by atoms with Crippen LogP contribution in [0.5, 0.6) is 0 Å². The number of rotatable bonds is 5. The van der Waals surface area contributed by atoms with Gasteiger partial charge in [0, 0.05) is 53.9 Å². The maximum atomic E-state index is 13.2. The molecule has 0 aliphatic heterocycles. The van der Waals surface area contributed by atoms with E-state index < -0.39 is 5.92 Å². The molecule has 0 atom stereocenters. The Balaban J connectivity index is 1.46. The summed E-state index contributed by atoms with van der Waals surface area (Å²) < 4.78 is 37.6. The van der Waals surface area contributed by atoms with Crippen LogP contribution in [0.1, 0.15) is 42.7 Å². The van der Waals surface area contributed by atoms with Gasteiger partial charge < -0.3 is 14.2 Å². The second-order valence-corrected chi connectivity index (χ2v) is 7.45. The molecule has 1 fully saturated rings. The van der Waals surface area contributed by atoms with Gasteiger partial charge in [0.15, 0.2) is 0 Å². The van der Waals surface area contributed by atoms with E-state index in [1.54, 1.807) is 6.20 Å². The van der Waals surface area contributed by atoms with Crippen LogP contribution >= 0.6 is 0 Å². The number of H-pyrrole nitrogens is 1. The summed E-state index contributed by atoms with van der Waals surface area (Å²) in [5.74, 6) is -1.52. The Morgan fingerprint density at radius 3 is 2.78 bits per heavy atom. The minimum Gasteiger partial charge on any atom is -0.376 e. The molecule has 0 unspecified atom stereocenters. The highest BCUT2D eigenvalue weighted by Gasteiger charge is 2.34. The molecule has 27 heavy (non-hydrogen) atoms. The van der Waals surface area contributed by atoms with Gasteiger partial charge in [-0.3, -0.25) is 0 Å². The zero-order valence-electron chi connectivity index (χ0n) is 15.5. The lowest BCUT2D eigenvalue weighted by Crippen LogP contribution is -2.26. The molecule has 1 saturated carbocycles. The van der Waals surface area contributed by atoms with Gasteiger partial charge in [0.05, 0.1) is 12.3 Å². The Kier molecular flexibility index (Phi) is 4.72. The standard InChI is InChI=1S/C20H23F2N3O2/c1-12-18(13(2)27-25-12)15-7-17-16(9-24-19(17)23-8-15)11-26-10-14-3-5-20(21,22)6-4-14/h7-9,14H,3-6,10-11H2,1-2H3,(H,23,24). The number of nitrogens with one attached hydrogen (secondary N) is 1. The van der Waals surface area contributed by atoms with E-state index >= 15 is 0 Å². The maximum absolute atomic E-state index is 13.2. The molecule has 5 nitrogen and oxygen atoms in total. The molecular formula is C20H23F2N3O2. The van der Waals surface area contributed by atoms with Gasteiger partial charge in [-0.25, -0.2) is 13.8 Å². The Labute approximate surface area is 156 Å². The third-order valence-corrected chi connectivity index (χ3v) is 5.39. The number of alkyl halides is 2. The van der Waals surface area contributed by atoms with Crippen molar-refractivity contribution in [2.75, 3.05) is 6.61 Å². The Bertz CT molecular complexity index is 919. The van der Waals surface area contributed by atoms with Crippen molar-refractivity contribution >= 4 is 11.0 Å². The van der Waals surface area contributed by atoms with Crippen LogP contribution in [0, 0.1) is 19.8 Å². The summed E-state index contributed by atoms with van der Waals surface area (Å²) >= 11 is 0. The molecule has 0 amide bonds. The Morgan fingerprint density at radius 2 is 2.07 bits per heavy atom. The number of fused-ring (bicyclic) bond motifs is 1. The number of nitrogens with zero attached hydrogens (tertiary/aromatic N) is 2. The fourth-order valence-corrected chi connectivity index (χ4v) is 3.81. The summed E-state index contributed by atoms with van der Waals surface area (Å²) in [6.45, 7) is 4.73. The van der Waals surface area contributed by atoms with E-state index in [0.717, 1.165) is 39.2 Å². The van der Waals surface area contributed by atoms with E-state index in [1.807, 2.05) is 20.0 Å². The molecule has 0 radical (unpaired) electrons. The van der Waals surface area contributed by atoms with Crippen LogP contribution in [0.15, 0.2) is 23.0 Å². The largest absolute Gasteiger partial charge is 0.376 e. The van der Waals surface area contributed by atoms with Crippen molar-refractivity contribution < 1.29 is 18.0 Å². The molecule has 1 N–H and O–H groups in total. The van der Waals surface area contributed by atoms with Crippen LogP contribution in [0.4, 0.5) is 8.78 Å². The van der Waals surface area contributed by atoms with Crippen molar-refractivity contribution in [2.45, 2.75) is 52.1 Å². The zero-order valence-corrected chi connectivity index (χ0v) is 15.5. The summed E-state index contributed by atoms with van der Waals surface area (Å²) in [7, 11) is 0. The normalized spacial score (nSPS) is 17.6. The summed E-state index contributed by atoms with van der Waals surface area (Å²) in [6.07, 6.45) is 4.69. The summed E-state index contributed by atoms with van der Waals surface area (Å²) in [5.41, 5.74) is 4.54. The predicted molar refractivity (Wildman–Crippen MR) is 97.6 cm³/mol. The number of hydrogen-bond acceptors (Lipinski definition) is 4. The Hall–Kier alpha value is -2.28. The zero-order chi connectivity index (χ0) is 19.0. The predicted octanol–water partition coefficient (Wildman–Crippen LogP) is 5.18. The van der Waals surface area contributed by atoms with Gasteiger partial charge in [-0.1, -0.05) is 5.16 Å². The van der Waals surface area contributed by atoms with Gasteiger partial charge in [0.2, 0.25) is 5.92 Å². The monoisotopic (exact) mass is 375 g/mol. The first-order valence-electron chi connectivity index (χ1n) is 9.28. The highest BCUT2D eigenvalue weighted by Crippen LogP contribution is 2.36. The summed E-state index contributed by atoms with van der Waals surface area (Å²) in [6, 6.07) is 2.06. The molecular weight excluding hydrogens is 352 g/mol. The molecule has 144 valence electrons. The number of pyridine rings is 1. The first-order chi connectivity index (χ1) is 12.9. The second-order valence-electron chi connectivity index (χ2n) is 7.45. The van der Waals surface area contributed by atoms with E-state index in [0.29, 0.717) is 26.1 Å². The number of aromatic amines is 1. The van der Waals surface area contributed by atoms with E-state index in [1.165, 1.54) is 0 Å². The topological polar surface area (TPSA) is 63.9 Å². The first kappa shape index (κ1) is 18.1. The minimum atomic E-state index is -2.49. The molecule has 4 rings (SSSR count). The van der Waals surface area contributed by atoms with Gasteiger partial charge in [0.25, 0.3) is 0 Å². The van der Waals surface area contributed by atoms with Gasteiger partial charge in [-0.2, -0.15) is 0 Å². The van der Waals surface area contributed by atoms with Crippen molar-refractivity contribution in [3.05, 3.63) is 35.5 Å². The van der Waals surface area contributed by atoms with Crippen LogP contribution in [0.3, 0.4) is 0 Å². The second kappa shape index (κ2) is 7.03. The molecule has 0 spiro atoms. The van der Waals surface area contributed by atoms with Gasteiger partial charge in [-0.05, 0) is 38.7 Å². The van der Waals surface area contributed by atoms with Gasteiger partial charge in [0.1, 0.15) is 11.4 Å². The average molecular weight is 375 g/mol. The molecule has 7 heteroatoms. The number of ether oxygens (including phenoxy) is 1. The molecule has 1 aliphatic rings.